The van der Waals surface area contributed by atoms with Crippen LogP contribution < -0.4 is 216 Å². The first-order chi connectivity index (χ1) is 22.9. The Labute approximate surface area is 495 Å². The van der Waals surface area contributed by atoms with Crippen molar-refractivity contribution in [3.8, 4) is 5.75 Å². The molecule has 19 nitrogen and oxygen atoms in total. The van der Waals surface area contributed by atoms with Gasteiger partial charge in [0.05, 0.1) is 10.6 Å². The maximum absolute atomic E-state index is 13.9. The Morgan fingerprint density at radius 2 is 1.33 bits per heavy atom. The molecule has 1 radical (unpaired) electrons. The molecule has 0 unspecified atom stereocenters. The van der Waals surface area contributed by atoms with Gasteiger partial charge in [0, 0.05) is 50.7 Å². The summed E-state index contributed by atoms with van der Waals surface area (Å²) in [5, 5.41) is 14.1. The van der Waals surface area contributed by atoms with Crippen LogP contribution in [-0.4, -0.2) is 78.5 Å². The van der Waals surface area contributed by atoms with Gasteiger partial charge in [-0.25, -0.2) is 0 Å². The van der Waals surface area contributed by atoms with Crippen LogP contribution in [0.3, 0.4) is 0 Å². The molecule has 0 aliphatic heterocycles. The van der Waals surface area contributed by atoms with E-state index >= 15 is 0 Å². The van der Waals surface area contributed by atoms with Gasteiger partial charge in [-0.2, -0.15) is 57.5 Å². The van der Waals surface area contributed by atoms with Gasteiger partial charge in [-0.15, -0.1) is 0 Å². The molecule has 0 bridgehead atoms. The van der Waals surface area contributed by atoms with Gasteiger partial charge in [-0.3, -0.25) is 28.4 Å². The van der Waals surface area contributed by atoms with Crippen molar-refractivity contribution < 1.29 is 293 Å². The van der Waals surface area contributed by atoms with Crippen molar-refractivity contribution in [2.45, 2.75) is 14.7 Å². The van der Waals surface area contributed by atoms with Gasteiger partial charge in [0.15, 0.2) is 5.82 Å². The fourth-order valence-electron chi connectivity index (χ4n) is 4.59. The number of halogens is 3. The molecule has 1 aromatic heterocycles. The zero-order valence-electron chi connectivity index (χ0n) is 27.9. The summed E-state index contributed by atoms with van der Waals surface area (Å²) in [5.41, 5.74) is -1.54. The number of allylic oxidation sites excluding steroid dienone is 1. The van der Waals surface area contributed by atoms with E-state index in [2.05, 4.69) is 20.4 Å². The van der Waals surface area contributed by atoms with Gasteiger partial charge >= 0.3 is 212 Å². The van der Waals surface area contributed by atoms with Gasteiger partial charge in [0.25, 0.3) is 40.5 Å². The molecule has 0 spiro atoms. The molecular formula is C24H14ClCuF2K4N5O14S4+4. The summed E-state index contributed by atoms with van der Waals surface area (Å²) in [6.07, 6.45) is -1.28. The number of rotatable bonds is 8. The van der Waals surface area contributed by atoms with Crippen molar-refractivity contribution in [2.75, 3.05) is 10.7 Å². The normalized spacial score (nSPS) is 13.5. The van der Waals surface area contributed by atoms with Crippen LogP contribution in [0.25, 0.3) is 15.7 Å². The Hall–Kier alpha value is 2.33. The SMILES string of the molecule is O=C1C=C(S(=O)(=O)O)c2ccc(S(=O)(=O)O)cc2/C1=N/Nc1cc(S(=O)(=O)O)c2cc(Nc3nc(F)nc(F)c3Cl)cc(S(=O)(=O)O)c2c1O.[Cu].[K+].[K+].[K+].[K+]. The number of aromatic hydroxyl groups is 1. The van der Waals surface area contributed by atoms with Crippen LogP contribution >= 0.6 is 11.6 Å². The van der Waals surface area contributed by atoms with E-state index in [1.807, 2.05) is 5.43 Å². The average molecular weight is 1020 g/mol. The minimum Gasteiger partial charge on any atom is -0.505 e. The molecule has 4 aromatic rings. The Morgan fingerprint density at radius 3 is 1.85 bits per heavy atom. The Balaban J connectivity index is 0.00000583. The van der Waals surface area contributed by atoms with Gasteiger partial charge < -0.3 is 10.4 Å². The molecule has 1 aliphatic carbocycles. The second kappa shape index (κ2) is 21.6. The van der Waals surface area contributed by atoms with Crippen LogP contribution in [0, 0.1) is 12.0 Å². The molecule has 7 N–H and O–H groups in total. The number of carbonyl (C=O) groups excluding carboxylic acids is 1. The molecule has 0 saturated heterocycles. The summed E-state index contributed by atoms with van der Waals surface area (Å²) in [4.78, 5) is 14.5. The summed E-state index contributed by atoms with van der Waals surface area (Å²) in [6.45, 7) is 0. The first-order valence-corrected chi connectivity index (χ1v) is 18.7. The topological polar surface area (TPSA) is 317 Å². The molecule has 1 aliphatic rings. The van der Waals surface area contributed by atoms with E-state index in [9.17, 15) is 70.6 Å². The number of nitrogens with one attached hydrogen (secondary N) is 2. The molecule has 0 amide bonds. The van der Waals surface area contributed by atoms with Crippen LogP contribution in [0.15, 0.2) is 62.3 Å². The Kier molecular flexibility index (Phi) is 22.5. The van der Waals surface area contributed by atoms with Crippen molar-refractivity contribution in [2.24, 2.45) is 5.10 Å². The number of hydrazone groups is 1. The third-order valence-corrected chi connectivity index (χ3v) is 10.5. The summed E-state index contributed by atoms with van der Waals surface area (Å²) in [5.74, 6) is -4.96. The van der Waals surface area contributed by atoms with Crippen molar-refractivity contribution in [1.82, 2.24) is 9.97 Å². The molecule has 0 fully saturated rings. The first-order valence-electron chi connectivity index (χ1n) is 12.5. The standard InChI is InChI=1S/C24H14ClF2N5O14S4.Cu.4K/c25-19-22(26)29-24(27)30-23(19)28-8-3-12-15(48(38,39)40)6-13(21(34)18(12)17(4-8)50(44,45)46)31-32-20-11-5-9(47(35,36)37)1-2-10(11)16(7-14(20)33)49(41,42)43;;;;;/h1-7,31,34H,(H,28,29,30)(H,35,36,37)(H,38,39,40)(H,41,42,43)(H,44,45,46);;;;;/q;;4*+1/b32-20-;;;;;. The third-order valence-electron chi connectivity index (χ3n) is 6.61. The molecule has 275 valence electrons. The largest absolute Gasteiger partial charge is 1.00 e. The minimum atomic E-state index is -5.47. The monoisotopic (exact) mass is 1020 g/mol. The zero-order valence-corrected chi connectivity index (χ0v) is 45.3. The molecule has 55 heavy (non-hydrogen) atoms. The van der Waals surface area contributed by atoms with Crippen molar-refractivity contribution in [3.05, 3.63) is 70.6 Å². The van der Waals surface area contributed by atoms with Crippen LogP contribution in [0.5, 0.6) is 5.75 Å². The summed E-state index contributed by atoms with van der Waals surface area (Å²) >= 11 is 5.71. The number of phenolic OH excluding ortho intramolecular Hbond substituents is 1. The molecule has 5 rings (SSSR count). The number of benzene rings is 3. The van der Waals surface area contributed by atoms with Crippen molar-refractivity contribution >= 4 is 96.4 Å². The number of hydrogen-bond donors (Lipinski definition) is 7. The smallest absolute Gasteiger partial charge is 0.505 e. The van der Waals surface area contributed by atoms with E-state index < -0.39 is 133 Å². The summed E-state index contributed by atoms with van der Waals surface area (Å²) in [6, 6.07) is 3.76. The van der Waals surface area contributed by atoms with Gasteiger partial charge in [0.1, 0.15) is 31.2 Å². The predicted molar refractivity (Wildman–Crippen MR) is 166 cm³/mol. The number of carbonyl (C=O) groups is 1. The van der Waals surface area contributed by atoms with Crippen LogP contribution in [0.1, 0.15) is 11.1 Å². The molecule has 0 saturated carbocycles. The van der Waals surface area contributed by atoms with Gasteiger partial charge in [0.2, 0.25) is 11.7 Å². The van der Waals surface area contributed by atoms with E-state index in [4.69, 9.17) is 11.6 Å². The molecule has 1 heterocycles. The number of hydrogen-bond acceptors (Lipinski definition) is 15. The quantitative estimate of drug-likeness (QED) is 0.0215. The molecule has 31 heteroatoms. The van der Waals surface area contributed by atoms with Gasteiger partial charge in [-0.05, 0) is 30.3 Å². The Bertz CT molecular complexity index is 2750. The maximum Gasteiger partial charge on any atom is 1.00 e. The second-order valence-electron chi connectivity index (χ2n) is 9.79. The Morgan fingerprint density at radius 1 is 0.745 bits per heavy atom. The van der Waals surface area contributed by atoms with E-state index in [-0.39, 0.29) is 223 Å². The fourth-order valence-corrected chi connectivity index (χ4v) is 7.39. The number of ketones is 1. The number of fused-ring (bicyclic) bond motifs is 2. The number of phenols is 1. The third kappa shape index (κ3) is 13.2. The van der Waals surface area contributed by atoms with Gasteiger partial charge in [-0.1, -0.05) is 17.7 Å². The summed E-state index contributed by atoms with van der Waals surface area (Å²) < 4.78 is 164. The molecule has 3 aromatic carbocycles. The van der Waals surface area contributed by atoms with E-state index in [1.165, 1.54) is 0 Å². The molecular weight excluding hydrogens is 1000 g/mol. The van der Waals surface area contributed by atoms with E-state index in [0.29, 0.717) is 30.3 Å². The van der Waals surface area contributed by atoms with Crippen molar-refractivity contribution in [1.29, 1.82) is 0 Å². The average Bonchev–Trinajstić information content (AvgIpc) is 2.97. The predicted octanol–water partition coefficient (Wildman–Crippen LogP) is -9.61. The number of nitrogens with zero attached hydrogens (tertiary/aromatic N) is 3. The minimum absolute atomic E-state index is 0. The van der Waals surface area contributed by atoms with E-state index in [0.717, 1.165) is 12.1 Å². The summed E-state index contributed by atoms with van der Waals surface area (Å²) in [7, 11) is -21.0. The second-order valence-corrected chi connectivity index (χ2v) is 15.8. The fraction of sp³-hybridized carbons (Fsp3) is 0. The maximum atomic E-state index is 13.9. The first kappa shape index (κ1) is 57.3. The van der Waals surface area contributed by atoms with Crippen LogP contribution in [-0.2, 0) is 62.3 Å². The zero-order chi connectivity index (χ0) is 37.3. The van der Waals surface area contributed by atoms with Crippen LogP contribution in [0.2, 0.25) is 5.02 Å². The number of anilines is 3. The van der Waals surface area contributed by atoms with Crippen LogP contribution in [0.4, 0.5) is 26.0 Å². The van der Waals surface area contributed by atoms with E-state index in [1.54, 1.807) is 0 Å². The molecule has 0 atom stereocenters. The number of aromatic nitrogens is 2. The van der Waals surface area contributed by atoms with Crippen molar-refractivity contribution in [3.63, 3.8) is 0 Å².